The Hall–Kier alpha value is -4.51. The third kappa shape index (κ3) is 3.39. The van der Waals surface area contributed by atoms with E-state index in [-0.39, 0.29) is 16.7 Å². The van der Waals surface area contributed by atoms with Crippen molar-refractivity contribution in [3.63, 3.8) is 0 Å². The number of nitro benzene ring substituents is 1. The molecule has 5 heteroatoms. The van der Waals surface area contributed by atoms with Crippen LogP contribution in [0, 0.1) is 10.1 Å². The number of nitrogens with zero attached hydrogens (tertiary/aromatic N) is 3. The molecule has 1 atom stereocenters. The van der Waals surface area contributed by atoms with E-state index in [0.29, 0.717) is 6.42 Å². The Morgan fingerprint density at radius 1 is 0.765 bits per heavy atom. The molecular weight excluding hydrogens is 422 g/mol. The Kier molecular flexibility index (Phi) is 4.81. The number of hydrazone groups is 1. The zero-order valence-electron chi connectivity index (χ0n) is 18.3. The number of benzene rings is 5. The van der Waals surface area contributed by atoms with Crippen LogP contribution in [-0.2, 0) is 0 Å². The summed E-state index contributed by atoms with van der Waals surface area (Å²) in [5.74, 6) is 0. The highest BCUT2D eigenvalue weighted by Gasteiger charge is 2.32. The topological polar surface area (TPSA) is 58.7 Å². The van der Waals surface area contributed by atoms with E-state index in [1.54, 1.807) is 24.3 Å². The van der Waals surface area contributed by atoms with Crippen molar-refractivity contribution in [1.29, 1.82) is 0 Å². The lowest BCUT2D eigenvalue weighted by atomic mass is 9.89. The number of anilines is 1. The Morgan fingerprint density at radius 3 is 1.97 bits per heavy atom. The van der Waals surface area contributed by atoms with Crippen molar-refractivity contribution in [2.24, 2.45) is 5.10 Å². The van der Waals surface area contributed by atoms with Gasteiger partial charge in [0.1, 0.15) is 0 Å². The summed E-state index contributed by atoms with van der Waals surface area (Å²) >= 11 is 0. The molecular formula is C29H21N3O2. The molecule has 0 radical (unpaired) electrons. The fraction of sp³-hybridized carbons (Fsp3) is 0.0690. The Labute approximate surface area is 196 Å². The lowest BCUT2D eigenvalue weighted by Gasteiger charge is -2.26. The van der Waals surface area contributed by atoms with Gasteiger partial charge in [-0.25, -0.2) is 0 Å². The second-order valence-corrected chi connectivity index (χ2v) is 8.48. The molecule has 0 aliphatic carbocycles. The number of non-ortho nitro benzene ring substituents is 1. The van der Waals surface area contributed by atoms with Gasteiger partial charge in [-0.15, -0.1) is 0 Å². The van der Waals surface area contributed by atoms with Crippen molar-refractivity contribution in [3.05, 3.63) is 130 Å². The van der Waals surface area contributed by atoms with Gasteiger partial charge in [0.25, 0.3) is 5.69 Å². The maximum absolute atomic E-state index is 11.1. The lowest BCUT2D eigenvalue weighted by Crippen LogP contribution is -2.19. The molecule has 164 valence electrons. The minimum Gasteiger partial charge on any atom is -0.258 e. The van der Waals surface area contributed by atoms with Gasteiger partial charge in [-0.05, 0) is 63.0 Å². The van der Waals surface area contributed by atoms with E-state index >= 15 is 0 Å². The zero-order valence-corrected chi connectivity index (χ0v) is 18.3. The number of hydrogen-bond acceptors (Lipinski definition) is 4. The fourth-order valence-corrected chi connectivity index (χ4v) is 4.91. The monoisotopic (exact) mass is 443 g/mol. The van der Waals surface area contributed by atoms with Crippen LogP contribution in [-0.4, -0.2) is 10.6 Å². The van der Waals surface area contributed by atoms with Crippen molar-refractivity contribution < 1.29 is 4.92 Å². The first-order chi connectivity index (χ1) is 16.7. The van der Waals surface area contributed by atoms with Gasteiger partial charge >= 0.3 is 0 Å². The van der Waals surface area contributed by atoms with Crippen LogP contribution in [0.4, 0.5) is 11.4 Å². The summed E-state index contributed by atoms with van der Waals surface area (Å²) in [6, 6.07) is 36.1. The van der Waals surface area contributed by atoms with Gasteiger partial charge in [0.2, 0.25) is 0 Å². The molecule has 0 fully saturated rings. The molecule has 5 aromatic rings. The first-order valence-corrected chi connectivity index (χ1v) is 11.3. The predicted octanol–water partition coefficient (Wildman–Crippen LogP) is 7.26. The molecule has 0 aromatic heterocycles. The van der Waals surface area contributed by atoms with Crippen LogP contribution in [0.15, 0.2) is 114 Å². The van der Waals surface area contributed by atoms with Crippen LogP contribution in [0.2, 0.25) is 0 Å². The van der Waals surface area contributed by atoms with Crippen LogP contribution in [0.5, 0.6) is 0 Å². The van der Waals surface area contributed by atoms with Gasteiger partial charge in [-0.1, -0.05) is 66.7 Å². The number of hydrogen-bond donors (Lipinski definition) is 0. The van der Waals surface area contributed by atoms with Crippen LogP contribution >= 0.6 is 0 Å². The normalized spacial score (nSPS) is 15.6. The Balaban J connectivity index is 1.54. The molecule has 1 aliphatic heterocycles. The number of nitro groups is 1. The number of fused-ring (bicyclic) bond motifs is 2. The van der Waals surface area contributed by atoms with Gasteiger partial charge in [0.05, 0.1) is 22.4 Å². The van der Waals surface area contributed by atoms with E-state index in [1.807, 2.05) is 18.2 Å². The molecule has 0 saturated carbocycles. The van der Waals surface area contributed by atoms with Crippen LogP contribution in [0.3, 0.4) is 0 Å². The summed E-state index contributed by atoms with van der Waals surface area (Å²) in [5, 5.41) is 23.1. The van der Waals surface area contributed by atoms with Gasteiger partial charge in [-0.2, -0.15) is 5.10 Å². The van der Waals surface area contributed by atoms with Gasteiger partial charge in [-0.3, -0.25) is 15.1 Å². The molecule has 1 aliphatic rings. The smallest absolute Gasteiger partial charge is 0.258 e. The minimum atomic E-state index is -0.373. The van der Waals surface area contributed by atoms with Crippen LogP contribution < -0.4 is 5.01 Å². The molecule has 6 rings (SSSR count). The third-order valence-corrected chi connectivity index (χ3v) is 6.49. The predicted molar refractivity (Wildman–Crippen MR) is 137 cm³/mol. The average Bonchev–Trinajstić information content (AvgIpc) is 3.33. The summed E-state index contributed by atoms with van der Waals surface area (Å²) in [4.78, 5) is 10.8. The number of para-hydroxylation sites is 1. The second kappa shape index (κ2) is 8.12. The lowest BCUT2D eigenvalue weighted by molar-refractivity contribution is -0.384. The summed E-state index contributed by atoms with van der Waals surface area (Å²) in [6.45, 7) is 0. The highest BCUT2D eigenvalue weighted by Crippen LogP contribution is 2.42. The summed E-state index contributed by atoms with van der Waals surface area (Å²) in [6.07, 6.45) is 0.699. The third-order valence-electron chi connectivity index (χ3n) is 6.49. The molecule has 0 spiro atoms. The highest BCUT2D eigenvalue weighted by atomic mass is 16.6. The summed E-state index contributed by atoms with van der Waals surface area (Å²) < 4.78 is 0. The molecule has 0 N–H and O–H groups in total. The molecule has 5 aromatic carbocycles. The SMILES string of the molecule is O=[N+]([O-])c1ccc(C2=NN(c3ccccc3)C(c3c4ccccc4cc4ccccc34)C2)cc1. The van der Waals surface area contributed by atoms with Gasteiger partial charge in [0.15, 0.2) is 0 Å². The van der Waals surface area contributed by atoms with E-state index in [0.717, 1.165) is 17.0 Å². The van der Waals surface area contributed by atoms with Gasteiger partial charge in [0, 0.05) is 18.6 Å². The highest BCUT2D eigenvalue weighted by molar-refractivity contribution is 6.07. The van der Waals surface area contributed by atoms with Gasteiger partial charge < -0.3 is 0 Å². The average molecular weight is 444 g/mol. The maximum atomic E-state index is 11.1. The Bertz CT molecular complexity index is 1510. The van der Waals surface area contributed by atoms with E-state index < -0.39 is 0 Å². The van der Waals surface area contributed by atoms with E-state index in [9.17, 15) is 10.1 Å². The fourth-order valence-electron chi connectivity index (χ4n) is 4.91. The first-order valence-electron chi connectivity index (χ1n) is 11.3. The van der Waals surface area contributed by atoms with Crippen molar-refractivity contribution in [1.82, 2.24) is 0 Å². The molecule has 0 amide bonds. The van der Waals surface area contributed by atoms with Crippen molar-refractivity contribution >= 4 is 38.6 Å². The van der Waals surface area contributed by atoms with E-state index in [1.165, 1.54) is 27.1 Å². The molecule has 1 heterocycles. The largest absolute Gasteiger partial charge is 0.269 e. The van der Waals surface area contributed by atoms with Crippen molar-refractivity contribution in [2.75, 3.05) is 5.01 Å². The van der Waals surface area contributed by atoms with E-state index in [2.05, 4.69) is 71.7 Å². The van der Waals surface area contributed by atoms with Crippen LogP contribution in [0.25, 0.3) is 21.5 Å². The van der Waals surface area contributed by atoms with Crippen molar-refractivity contribution in [3.8, 4) is 0 Å². The Morgan fingerprint density at radius 2 is 1.35 bits per heavy atom. The standard InChI is InChI=1S/C29H21N3O2/c33-32(34)24-16-14-20(15-17-24)27-19-28(31(30-27)23-10-2-1-3-11-23)29-25-12-6-4-8-21(25)18-22-9-5-7-13-26(22)29/h1-18,28H,19H2. The quantitative estimate of drug-likeness (QED) is 0.167. The molecule has 0 bridgehead atoms. The number of rotatable bonds is 4. The van der Waals surface area contributed by atoms with Crippen LogP contribution in [0.1, 0.15) is 23.6 Å². The zero-order chi connectivity index (χ0) is 23.1. The maximum Gasteiger partial charge on any atom is 0.269 e. The summed E-state index contributed by atoms with van der Waals surface area (Å²) in [7, 11) is 0. The second-order valence-electron chi connectivity index (χ2n) is 8.48. The molecule has 0 saturated heterocycles. The minimum absolute atomic E-state index is 0.0106. The van der Waals surface area contributed by atoms with Crippen molar-refractivity contribution in [2.45, 2.75) is 12.5 Å². The molecule has 5 nitrogen and oxygen atoms in total. The van der Waals surface area contributed by atoms with E-state index in [4.69, 9.17) is 5.10 Å². The summed E-state index contributed by atoms with van der Waals surface area (Å²) in [5.41, 5.74) is 4.16. The molecule has 1 unspecified atom stereocenters. The first kappa shape index (κ1) is 20.1. The molecule has 34 heavy (non-hydrogen) atoms.